The topological polar surface area (TPSA) is 93.2 Å². The van der Waals surface area contributed by atoms with Gasteiger partial charge in [-0.25, -0.2) is 0 Å². The predicted octanol–water partition coefficient (Wildman–Crippen LogP) is -0.429. The number of nitrogens with zero attached hydrogens (tertiary/aromatic N) is 2. The summed E-state index contributed by atoms with van der Waals surface area (Å²) in [5, 5.41) is 0. The lowest BCUT2D eigenvalue weighted by Crippen LogP contribution is -2.42. The summed E-state index contributed by atoms with van der Waals surface area (Å²) < 4.78 is 11.3. The van der Waals surface area contributed by atoms with Crippen LogP contribution in [0.15, 0.2) is 24.3 Å². The Morgan fingerprint density at radius 1 is 0.739 bits per heavy atom. The number of amides is 4. The maximum absolute atomic E-state index is 11.4. The summed E-state index contributed by atoms with van der Waals surface area (Å²) in [6.07, 6.45) is 4.89. The summed E-state index contributed by atoms with van der Waals surface area (Å²) >= 11 is 0. The quantitative estimate of drug-likeness (QED) is 0.440. The van der Waals surface area contributed by atoms with Gasteiger partial charge in [0, 0.05) is 24.3 Å². The van der Waals surface area contributed by atoms with Gasteiger partial charge in [0.25, 0.3) is 23.6 Å². The first-order valence-electron chi connectivity index (χ1n) is 7.15. The molecule has 8 nitrogen and oxygen atoms in total. The molecule has 0 spiro atoms. The SMILES string of the molecule is C[Si](C)(OCCN1C(=O)C=CC1=O)OCCN1C(=O)C=CC1=O. The molecule has 2 rings (SSSR count). The summed E-state index contributed by atoms with van der Waals surface area (Å²) in [4.78, 5) is 47.7. The lowest BCUT2D eigenvalue weighted by Gasteiger charge is -2.25. The van der Waals surface area contributed by atoms with E-state index in [0.717, 1.165) is 9.80 Å². The van der Waals surface area contributed by atoms with E-state index in [-0.39, 0.29) is 49.9 Å². The van der Waals surface area contributed by atoms with Crippen molar-refractivity contribution >= 4 is 32.2 Å². The van der Waals surface area contributed by atoms with E-state index in [1.165, 1.54) is 24.3 Å². The highest BCUT2D eigenvalue weighted by atomic mass is 28.4. The first-order chi connectivity index (χ1) is 10.8. The van der Waals surface area contributed by atoms with Crippen LogP contribution in [0.3, 0.4) is 0 Å². The molecular formula is C14H18N2O6Si. The molecule has 0 atom stereocenters. The third kappa shape index (κ3) is 4.44. The van der Waals surface area contributed by atoms with Crippen molar-refractivity contribution in [3.05, 3.63) is 24.3 Å². The van der Waals surface area contributed by atoms with Gasteiger partial charge in [-0.05, 0) is 13.1 Å². The van der Waals surface area contributed by atoms with Crippen LogP contribution in [-0.2, 0) is 28.0 Å². The van der Waals surface area contributed by atoms with Crippen LogP contribution in [0.1, 0.15) is 0 Å². The minimum atomic E-state index is -2.47. The second-order valence-electron chi connectivity index (χ2n) is 5.42. The molecule has 23 heavy (non-hydrogen) atoms. The van der Waals surface area contributed by atoms with E-state index in [1.807, 2.05) is 13.1 Å². The van der Waals surface area contributed by atoms with Crippen LogP contribution in [0.4, 0.5) is 0 Å². The zero-order chi connectivity index (χ0) is 17.0. The summed E-state index contributed by atoms with van der Waals surface area (Å²) in [5.41, 5.74) is 0. The van der Waals surface area contributed by atoms with Crippen LogP contribution in [0.25, 0.3) is 0 Å². The summed E-state index contributed by atoms with van der Waals surface area (Å²) in [5.74, 6) is -1.40. The molecule has 0 unspecified atom stereocenters. The normalized spacial score (nSPS) is 18.0. The molecule has 2 aliphatic rings. The van der Waals surface area contributed by atoms with E-state index in [1.54, 1.807) is 0 Å². The fraction of sp³-hybridized carbons (Fsp3) is 0.429. The van der Waals surface area contributed by atoms with Gasteiger partial charge in [0.2, 0.25) is 0 Å². The van der Waals surface area contributed by atoms with Crippen LogP contribution in [0, 0.1) is 0 Å². The smallest absolute Gasteiger partial charge is 0.331 e. The number of imide groups is 2. The van der Waals surface area contributed by atoms with E-state index < -0.39 is 8.56 Å². The van der Waals surface area contributed by atoms with Crippen molar-refractivity contribution in [3.8, 4) is 0 Å². The van der Waals surface area contributed by atoms with Crippen molar-refractivity contribution in [2.75, 3.05) is 26.3 Å². The Kier molecular flexibility index (Phi) is 5.24. The summed E-state index contributed by atoms with van der Waals surface area (Å²) in [7, 11) is -2.47. The van der Waals surface area contributed by atoms with Crippen LogP contribution in [-0.4, -0.2) is 68.3 Å². The zero-order valence-electron chi connectivity index (χ0n) is 13.0. The van der Waals surface area contributed by atoms with Gasteiger partial charge >= 0.3 is 8.56 Å². The molecule has 0 saturated heterocycles. The van der Waals surface area contributed by atoms with Gasteiger partial charge in [-0.15, -0.1) is 0 Å². The molecule has 0 aliphatic carbocycles. The molecule has 0 N–H and O–H groups in total. The van der Waals surface area contributed by atoms with Crippen LogP contribution >= 0.6 is 0 Å². The molecule has 0 bridgehead atoms. The van der Waals surface area contributed by atoms with Crippen LogP contribution in [0.2, 0.25) is 13.1 Å². The van der Waals surface area contributed by atoms with E-state index in [2.05, 4.69) is 0 Å². The monoisotopic (exact) mass is 338 g/mol. The van der Waals surface area contributed by atoms with Crippen molar-refractivity contribution in [1.82, 2.24) is 9.80 Å². The molecule has 2 aliphatic heterocycles. The Morgan fingerprint density at radius 2 is 1.04 bits per heavy atom. The molecule has 0 radical (unpaired) electrons. The fourth-order valence-electron chi connectivity index (χ4n) is 2.11. The number of carbonyl (C=O) groups excluding carboxylic acids is 4. The molecule has 9 heteroatoms. The number of rotatable bonds is 8. The largest absolute Gasteiger partial charge is 0.393 e. The molecule has 124 valence electrons. The van der Waals surface area contributed by atoms with Crippen molar-refractivity contribution in [3.63, 3.8) is 0 Å². The highest BCUT2D eigenvalue weighted by Gasteiger charge is 2.29. The van der Waals surface area contributed by atoms with Gasteiger partial charge in [-0.3, -0.25) is 29.0 Å². The lowest BCUT2D eigenvalue weighted by atomic mass is 10.5. The second-order valence-corrected chi connectivity index (χ2v) is 8.80. The van der Waals surface area contributed by atoms with Gasteiger partial charge < -0.3 is 8.85 Å². The average molecular weight is 338 g/mol. The minimum Gasteiger partial charge on any atom is -0.393 e. The van der Waals surface area contributed by atoms with Gasteiger partial charge in [0.15, 0.2) is 0 Å². The Hall–Kier alpha value is -2.10. The van der Waals surface area contributed by atoms with Crippen molar-refractivity contribution in [2.24, 2.45) is 0 Å². The van der Waals surface area contributed by atoms with Gasteiger partial charge in [0.05, 0.1) is 26.3 Å². The zero-order valence-corrected chi connectivity index (χ0v) is 14.0. The van der Waals surface area contributed by atoms with E-state index in [9.17, 15) is 19.2 Å². The average Bonchev–Trinajstić information content (AvgIpc) is 2.96. The molecule has 0 aromatic carbocycles. The van der Waals surface area contributed by atoms with Crippen molar-refractivity contribution in [1.29, 1.82) is 0 Å². The summed E-state index contributed by atoms with van der Waals surface area (Å²) in [6, 6.07) is 0. The van der Waals surface area contributed by atoms with Gasteiger partial charge in [-0.1, -0.05) is 0 Å². The predicted molar refractivity (Wildman–Crippen MR) is 81.1 cm³/mol. The third-order valence-electron chi connectivity index (χ3n) is 3.33. The number of carbonyl (C=O) groups is 4. The fourth-order valence-corrected chi connectivity index (χ4v) is 3.36. The molecule has 2 heterocycles. The Balaban J connectivity index is 1.68. The maximum Gasteiger partial charge on any atom is 0.331 e. The number of hydrogen-bond donors (Lipinski definition) is 0. The van der Waals surface area contributed by atoms with Gasteiger partial charge in [-0.2, -0.15) is 0 Å². The van der Waals surface area contributed by atoms with Gasteiger partial charge in [0.1, 0.15) is 0 Å². The molecule has 0 fully saturated rings. The lowest BCUT2D eigenvalue weighted by molar-refractivity contribution is -0.138. The molecule has 4 amide bonds. The first-order valence-corrected chi connectivity index (χ1v) is 9.97. The van der Waals surface area contributed by atoms with E-state index >= 15 is 0 Å². The number of hydrogen-bond acceptors (Lipinski definition) is 6. The second kappa shape index (κ2) is 6.98. The maximum atomic E-state index is 11.4. The van der Waals surface area contributed by atoms with Crippen LogP contribution in [0.5, 0.6) is 0 Å². The third-order valence-corrected chi connectivity index (χ3v) is 5.13. The van der Waals surface area contributed by atoms with Crippen molar-refractivity contribution in [2.45, 2.75) is 13.1 Å². The molecule has 0 aromatic rings. The standard InChI is InChI=1S/C14H18N2O6Si/c1-23(2,21-9-7-15-11(17)3-4-12(15)18)22-10-8-16-13(19)5-6-14(16)20/h3-6H,7-10H2,1-2H3. The summed E-state index contributed by atoms with van der Waals surface area (Å²) in [6.45, 7) is 4.31. The highest BCUT2D eigenvalue weighted by molar-refractivity contribution is 6.64. The Labute approximate surface area is 134 Å². The van der Waals surface area contributed by atoms with E-state index in [4.69, 9.17) is 8.85 Å². The molecule has 0 saturated carbocycles. The van der Waals surface area contributed by atoms with E-state index in [0.29, 0.717) is 0 Å². The minimum absolute atomic E-state index is 0.164. The molecular weight excluding hydrogens is 320 g/mol. The van der Waals surface area contributed by atoms with Crippen LogP contribution < -0.4 is 0 Å². The Bertz CT molecular complexity index is 512. The van der Waals surface area contributed by atoms with Crippen molar-refractivity contribution < 1.29 is 28.0 Å². The molecule has 0 aromatic heterocycles. The highest BCUT2D eigenvalue weighted by Crippen LogP contribution is 2.10. The Morgan fingerprint density at radius 3 is 1.35 bits per heavy atom. The first kappa shape index (κ1) is 17.3.